The van der Waals surface area contributed by atoms with Crippen LogP contribution < -0.4 is 10.2 Å². The van der Waals surface area contributed by atoms with Crippen molar-refractivity contribution >= 4 is 70.4 Å². The molecule has 0 fully saturated rings. The lowest BCUT2D eigenvalue weighted by molar-refractivity contribution is 0.102. The Morgan fingerprint density at radius 1 is 0.617 bits per heavy atom. The van der Waals surface area contributed by atoms with Crippen molar-refractivity contribution in [3.05, 3.63) is 90.5 Å². The first kappa shape index (κ1) is 46.2. The normalized spacial score (nSPS) is 12.1. The van der Waals surface area contributed by atoms with Gasteiger partial charge in [-0.15, -0.1) is 5.11 Å². The number of benzene rings is 5. The summed E-state index contributed by atoms with van der Waals surface area (Å²) in [5.41, 5.74) is 1.23. The maximum atomic E-state index is 14.0. The number of anilines is 2. The fourth-order valence-corrected chi connectivity index (χ4v) is 8.48. The summed E-state index contributed by atoms with van der Waals surface area (Å²) < 4.78 is 66.7. The van der Waals surface area contributed by atoms with Gasteiger partial charge in [-0.05, 0) is 65.7 Å². The van der Waals surface area contributed by atoms with Gasteiger partial charge < -0.3 is 15.3 Å². The second-order valence-corrected chi connectivity index (χ2v) is 18.4. The highest BCUT2D eigenvalue weighted by Crippen LogP contribution is 2.38. The fraction of sp³-hybridized carbons (Fsp3) is 0.413. The number of phenolic OH excluding ortho intramolecular Hbond substituents is 1. The van der Waals surface area contributed by atoms with Crippen molar-refractivity contribution < 1.29 is 35.8 Å². The molecule has 5 aromatic rings. The van der Waals surface area contributed by atoms with Crippen LogP contribution in [-0.2, 0) is 20.2 Å². The predicted octanol–water partition coefficient (Wildman–Crippen LogP) is 12.6. The van der Waals surface area contributed by atoms with Gasteiger partial charge in [-0.2, -0.15) is 21.9 Å². The molecule has 0 bridgehead atoms. The third kappa shape index (κ3) is 13.3. The minimum Gasteiger partial charge on any atom is -0.506 e. The van der Waals surface area contributed by atoms with E-state index in [9.17, 15) is 35.8 Å². The van der Waals surface area contributed by atoms with Crippen molar-refractivity contribution in [2.75, 3.05) is 23.8 Å². The van der Waals surface area contributed by atoms with E-state index < -0.39 is 26.1 Å². The summed E-state index contributed by atoms with van der Waals surface area (Å²) in [6.07, 6.45) is 20.2. The van der Waals surface area contributed by atoms with Crippen molar-refractivity contribution in [1.29, 1.82) is 0 Å². The standard InChI is InChI=1S/C46H58N4O8S2/c1-3-4-5-6-7-8-9-10-11-12-13-14-15-16-17-20-29-50(2)44-28-27-38(60(56,57)58)32-43(44)47-46(52)41-33-42(39-21-18-19-22-40(39)45(41)51)49-48-36-25-23-35-31-37(59(53,54)55)26-24-34(35)30-36/h18-19,21-28,30-33,51H,3-17,20,29H2,1-2H3,(H,47,52)(H,53,54,55)(H,56,57,58). The lowest BCUT2D eigenvalue weighted by Crippen LogP contribution is -2.22. The monoisotopic (exact) mass is 858 g/mol. The molecule has 0 aliphatic rings. The Hall–Kier alpha value is -4.89. The maximum absolute atomic E-state index is 14.0. The summed E-state index contributed by atoms with van der Waals surface area (Å²) in [5.74, 6) is -1.05. The van der Waals surface area contributed by atoms with Gasteiger partial charge in [-0.3, -0.25) is 13.9 Å². The van der Waals surface area contributed by atoms with Gasteiger partial charge in [0.25, 0.3) is 26.1 Å². The van der Waals surface area contributed by atoms with Crippen molar-refractivity contribution in [2.45, 2.75) is 119 Å². The zero-order valence-electron chi connectivity index (χ0n) is 34.6. The molecule has 0 spiro atoms. The first-order valence-corrected chi connectivity index (χ1v) is 24.0. The van der Waals surface area contributed by atoms with Crippen LogP contribution in [0.3, 0.4) is 0 Å². The number of unbranched alkanes of at least 4 members (excludes halogenated alkanes) is 15. The molecule has 0 saturated carbocycles. The van der Waals surface area contributed by atoms with Gasteiger partial charge in [0.05, 0.1) is 38.1 Å². The molecule has 5 rings (SSSR count). The molecular weight excluding hydrogens is 801 g/mol. The number of rotatable bonds is 24. The molecule has 0 aliphatic carbocycles. The van der Waals surface area contributed by atoms with Crippen LogP contribution in [0.4, 0.5) is 22.7 Å². The largest absolute Gasteiger partial charge is 0.506 e. The van der Waals surface area contributed by atoms with Gasteiger partial charge in [0.15, 0.2) is 0 Å². The van der Waals surface area contributed by atoms with Crippen LogP contribution in [-0.4, -0.2) is 50.5 Å². The Morgan fingerprint density at radius 3 is 1.73 bits per heavy atom. The third-order valence-electron chi connectivity index (χ3n) is 10.9. The van der Waals surface area contributed by atoms with Crippen LogP contribution >= 0.6 is 0 Å². The topological polar surface area (TPSA) is 186 Å². The SMILES string of the molecule is CCCCCCCCCCCCCCCCCCN(C)c1ccc(S(=O)(=O)O)cc1NC(=O)c1cc(N=Nc2ccc3cc(S(=O)(=O)O)ccc3c2)c2ccccc2c1O. The highest BCUT2D eigenvalue weighted by molar-refractivity contribution is 7.86. The number of hydrogen-bond donors (Lipinski definition) is 4. The van der Waals surface area contributed by atoms with E-state index in [1.54, 1.807) is 48.5 Å². The van der Waals surface area contributed by atoms with Crippen molar-refractivity contribution in [2.24, 2.45) is 10.2 Å². The minimum atomic E-state index is -4.60. The lowest BCUT2D eigenvalue weighted by Gasteiger charge is -2.23. The molecule has 322 valence electrons. The van der Waals surface area contributed by atoms with Crippen LogP contribution in [0, 0.1) is 0 Å². The molecule has 60 heavy (non-hydrogen) atoms. The number of hydrogen-bond acceptors (Lipinski definition) is 9. The maximum Gasteiger partial charge on any atom is 0.294 e. The molecular formula is C46H58N4O8S2. The Morgan fingerprint density at radius 2 is 1.13 bits per heavy atom. The summed E-state index contributed by atoms with van der Waals surface area (Å²) in [6.45, 7) is 2.90. The average molecular weight is 859 g/mol. The molecule has 0 atom stereocenters. The van der Waals surface area contributed by atoms with Gasteiger partial charge in [-0.25, -0.2) is 0 Å². The van der Waals surface area contributed by atoms with E-state index in [1.807, 2.05) is 11.9 Å². The zero-order chi connectivity index (χ0) is 43.1. The Balaban J connectivity index is 1.22. The highest BCUT2D eigenvalue weighted by atomic mass is 32.2. The lowest BCUT2D eigenvalue weighted by atomic mass is 10.0. The molecule has 0 radical (unpaired) electrons. The van der Waals surface area contributed by atoms with E-state index in [0.29, 0.717) is 39.5 Å². The van der Waals surface area contributed by atoms with E-state index in [1.165, 1.54) is 120 Å². The second-order valence-electron chi connectivity index (χ2n) is 15.5. The van der Waals surface area contributed by atoms with Crippen molar-refractivity contribution in [1.82, 2.24) is 0 Å². The minimum absolute atomic E-state index is 0.137. The van der Waals surface area contributed by atoms with E-state index in [0.717, 1.165) is 19.3 Å². The van der Waals surface area contributed by atoms with E-state index >= 15 is 0 Å². The van der Waals surface area contributed by atoms with Crippen LogP contribution in [0.2, 0.25) is 0 Å². The van der Waals surface area contributed by atoms with E-state index in [2.05, 4.69) is 22.5 Å². The number of fused-ring (bicyclic) bond motifs is 2. The predicted molar refractivity (Wildman–Crippen MR) is 241 cm³/mol. The molecule has 0 saturated heterocycles. The number of nitrogens with one attached hydrogen (secondary N) is 1. The van der Waals surface area contributed by atoms with E-state index in [-0.39, 0.29) is 32.5 Å². The first-order valence-electron chi connectivity index (χ1n) is 21.1. The number of aromatic hydroxyl groups is 1. The van der Waals surface area contributed by atoms with Crippen LogP contribution in [0.1, 0.15) is 120 Å². The Labute approximate surface area is 354 Å². The first-order chi connectivity index (χ1) is 28.8. The average Bonchev–Trinajstić information content (AvgIpc) is 3.22. The number of phenols is 1. The smallest absolute Gasteiger partial charge is 0.294 e. The molecule has 5 aromatic carbocycles. The molecule has 12 nitrogen and oxygen atoms in total. The van der Waals surface area contributed by atoms with Crippen LogP contribution in [0.5, 0.6) is 5.75 Å². The highest BCUT2D eigenvalue weighted by Gasteiger charge is 2.21. The van der Waals surface area contributed by atoms with Crippen molar-refractivity contribution in [3.63, 3.8) is 0 Å². The molecule has 4 N–H and O–H groups in total. The Bertz CT molecular complexity index is 2490. The van der Waals surface area contributed by atoms with Gasteiger partial charge in [-0.1, -0.05) is 140 Å². The Kier molecular flexibility index (Phi) is 17.0. The molecule has 1 amide bonds. The summed E-state index contributed by atoms with van der Waals surface area (Å²) in [5, 5.41) is 25.0. The summed E-state index contributed by atoms with van der Waals surface area (Å²) in [6, 6.07) is 21.4. The van der Waals surface area contributed by atoms with Crippen LogP contribution in [0.25, 0.3) is 21.5 Å². The molecule has 0 unspecified atom stereocenters. The quantitative estimate of drug-likeness (QED) is 0.0266. The number of carbonyl (C=O) groups is 1. The molecule has 0 aliphatic heterocycles. The third-order valence-corrected chi connectivity index (χ3v) is 12.6. The van der Waals surface area contributed by atoms with Crippen molar-refractivity contribution in [3.8, 4) is 5.75 Å². The van der Waals surface area contributed by atoms with Gasteiger partial charge in [0.1, 0.15) is 5.75 Å². The van der Waals surface area contributed by atoms with Gasteiger partial charge >= 0.3 is 0 Å². The summed E-state index contributed by atoms with van der Waals surface area (Å²) in [4.78, 5) is 15.3. The van der Waals surface area contributed by atoms with Crippen LogP contribution in [0.15, 0.2) is 105 Å². The summed E-state index contributed by atoms with van der Waals surface area (Å²) in [7, 11) is -7.11. The molecule has 0 aromatic heterocycles. The number of nitrogens with zero attached hydrogens (tertiary/aromatic N) is 3. The summed E-state index contributed by atoms with van der Waals surface area (Å²) >= 11 is 0. The fourth-order valence-electron chi connectivity index (χ4n) is 7.46. The second kappa shape index (κ2) is 22.1. The van der Waals surface area contributed by atoms with E-state index in [4.69, 9.17) is 0 Å². The zero-order valence-corrected chi connectivity index (χ0v) is 36.3. The molecule has 0 heterocycles. The van der Waals surface area contributed by atoms with Gasteiger partial charge in [0.2, 0.25) is 0 Å². The number of amides is 1. The van der Waals surface area contributed by atoms with Gasteiger partial charge in [0, 0.05) is 24.4 Å². The number of azo groups is 1. The molecule has 14 heteroatoms. The number of carbonyl (C=O) groups excluding carboxylic acids is 1.